The molecule has 0 bridgehead atoms. The molecule has 1 fully saturated rings. The first-order valence-electron chi connectivity index (χ1n) is 12.5. The van der Waals surface area contributed by atoms with E-state index in [1.165, 1.54) is 5.56 Å². The predicted octanol–water partition coefficient (Wildman–Crippen LogP) is 4.64. The number of carbonyl (C=O) groups excluding carboxylic acids is 2. The second-order valence-electron chi connectivity index (χ2n) is 9.18. The molecule has 0 aliphatic carbocycles. The van der Waals surface area contributed by atoms with Gasteiger partial charge in [-0.2, -0.15) is 0 Å². The largest absolute Gasteiger partial charge is 0.493 e. The molecule has 2 N–H and O–H groups in total. The van der Waals surface area contributed by atoms with Crippen molar-refractivity contribution in [1.29, 1.82) is 0 Å². The highest BCUT2D eigenvalue weighted by molar-refractivity contribution is 6.12. The van der Waals surface area contributed by atoms with Gasteiger partial charge in [-0.05, 0) is 63.7 Å². The van der Waals surface area contributed by atoms with E-state index in [1.54, 1.807) is 33.3 Å². The molecule has 1 saturated heterocycles. The lowest BCUT2D eigenvalue weighted by molar-refractivity contribution is -0.121. The average Bonchev–Trinajstić information content (AvgIpc) is 3.25. The molecule has 1 aliphatic rings. The van der Waals surface area contributed by atoms with Crippen LogP contribution in [-0.4, -0.2) is 61.7 Å². The minimum Gasteiger partial charge on any atom is -0.493 e. The Hall–Kier alpha value is -3.52. The summed E-state index contributed by atoms with van der Waals surface area (Å²) in [7, 11) is 3.09. The Bertz CT molecular complexity index is 1200. The fourth-order valence-corrected chi connectivity index (χ4v) is 4.89. The molecule has 1 amide bonds. The summed E-state index contributed by atoms with van der Waals surface area (Å²) in [6.07, 6.45) is 3.16. The van der Waals surface area contributed by atoms with Crippen LogP contribution >= 0.6 is 0 Å². The highest BCUT2D eigenvalue weighted by atomic mass is 16.5. The summed E-state index contributed by atoms with van der Waals surface area (Å²) >= 11 is 0. The molecule has 192 valence electrons. The lowest BCUT2D eigenvalue weighted by Crippen LogP contribution is -2.46. The first kappa shape index (κ1) is 25.6. The number of nitrogens with zero attached hydrogens (tertiary/aromatic N) is 1. The van der Waals surface area contributed by atoms with Crippen molar-refractivity contribution in [2.24, 2.45) is 5.92 Å². The minimum absolute atomic E-state index is 0.169. The molecule has 1 atom stereocenters. The fraction of sp³-hybridized carbons (Fsp3) is 0.429. The van der Waals surface area contributed by atoms with Crippen LogP contribution in [0.4, 0.5) is 5.69 Å². The number of ether oxygens (including phenoxy) is 3. The van der Waals surface area contributed by atoms with Crippen molar-refractivity contribution >= 4 is 28.5 Å². The number of H-pyrrole nitrogens is 1. The summed E-state index contributed by atoms with van der Waals surface area (Å²) in [5.41, 5.74) is 2.59. The van der Waals surface area contributed by atoms with Gasteiger partial charge in [-0.25, -0.2) is 4.79 Å². The Morgan fingerprint density at radius 3 is 2.39 bits per heavy atom. The van der Waals surface area contributed by atoms with Crippen LogP contribution in [0.3, 0.4) is 0 Å². The Balaban J connectivity index is 1.50. The van der Waals surface area contributed by atoms with Gasteiger partial charge in [0.15, 0.2) is 11.5 Å². The number of amides is 1. The van der Waals surface area contributed by atoms with Crippen molar-refractivity contribution in [3.63, 3.8) is 0 Å². The third-order valence-corrected chi connectivity index (χ3v) is 6.97. The normalized spacial score (nSPS) is 15.4. The van der Waals surface area contributed by atoms with Crippen LogP contribution in [-0.2, 0) is 16.0 Å². The van der Waals surface area contributed by atoms with Gasteiger partial charge < -0.3 is 24.5 Å². The van der Waals surface area contributed by atoms with Gasteiger partial charge in [0, 0.05) is 11.5 Å². The third-order valence-electron chi connectivity index (χ3n) is 6.97. The van der Waals surface area contributed by atoms with E-state index in [0.29, 0.717) is 34.0 Å². The molecule has 0 saturated carbocycles. The lowest BCUT2D eigenvalue weighted by atomic mass is 9.89. The highest BCUT2D eigenvalue weighted by Crippen LogP contribution is 2.37. The standard InChI is InChI=1S/C28H35N3O5/c1-5-36-28(33)26-25(21-16-23(34-3)24(35-4)17-22(21)29-26)30-27(32)18(2)31-13-11-20(12-14-31)15-19-9-7-6-8-10-19/h6-10,16-18,20,29H,5,11-15H2,1-4H3,(H,30,32)/t18-/m0/s1. The number of anilines is 1. The van der Waals surface area contributed by atoms with Gasteiger partial charge in [-0.1, -0.05) is 30.3 Å². The molecule has 4 rings (SSSR count). The second kappa shape index (κ2) is 11.5. The number of piperidine rings is 1. The Kier molecular flexibility index (Phi) is 8.15. The van der Waals surface area contributed by atoms with E-state index in [-0.39, 0.29) is 24.2 Å². The first-order valence-corrected chi connectivity index (χ1v) is 12.5. The molecule has 2 aromatic carbocycles. The van der Waals surface area contributed by atoms with Crippen LogP contribution in [0.15, 0.2) is 42.5 Å². The van der Waals surface area contributed by atoms with Gasteiger partial charge in [-0.3, -0.25) is 9.69 Å². The summed E-state index contributed by atoms with van der Waals surface area (Å²) in [5, 5.41) is 3.65. The van der Waals surface area contributed by atoms with Gasteiger partial charge in [0.1, 0.15) is 5.69 Å². The summed E-state index contributed by atoms with van der Waals surface area (Å²) in [6, 6.07) is 13.7. The smallest absolute Gasteiger partial charge is 0.356 e. The molecule has 0 unspecified atom stereocenters. The Morgan fingerprint density at radius 1 is 1.08 bits per heavy atom. The maximum absolute atomic E-state index is 13.4. The highest BCUT2D eigenvalue weighted by Gasteiger charge is 2.29. The number of aromatic nitrogens is 1. The number of hydrogen-bond donors (Lipinski definition) is 2. The maximum atomic E-state index is 13.4. The zero-order chi connectivity index (χ0) is 25.7. The van der Waals surface area contributed by atoms with Crippen molar-refractivity contribution in [3.8, 4) is 11.5 Å². The van der Waals surface area contributed by atoms with Crippen LogP contribution in [0, 0.1) is 5.92 Å². The number of benzene rings is 2. The third kappa shape index (κ3) is 5.49. The molecule has 2 heterocycles. The van der Waals surface area contributed by atoms with E-state index in [4.69, 9.17) is 14.2 Å². The van der Waals surface area contributed by atoms with Crippen molar-refractivity contribution in [1.82, 2.24) is 9.88 Å². The van der Waals surface area contributed by atoms with Crippen LogP contribution in [0.25, 0.3) is 10.9 Å². The summed E-state index contributed by atoms with van der Waals surface area (Å²) in [6.45, 7) is 5.59. The fourth-order valence-electron chi connectivity index (χ4n) is 4.89. The summed E-state index contributed by atoms with van der Waals surface area (Å²) in [5.74, 6) is 0.939. The zero-order valence-corrected chi connectivity index (χ0v) is 21.4. The number of rotatable bonds is 9. The summed E-state index contributed by atoms with van der Waals surface area (Å²) < 4.78 is 16.1. The monoisotopic (exact) mass is 493 g/mol. The second-order valence-corrected chi connectivity index (χ2v) is 9.18. The number of methoxy groups -OCH3 is 2. The maximum Gasteiger partial charge on any atom is 0.356 e. The molecule has 1 aromatic heterocycles. The van der Waals surface area contributed by atoms with E-state index in [9.17, 15) is 9.59 Å². The van der Waals surface area contributed by atoms with Crippen molar-refractivity contribution in [2.75, 3.05) is 39.2 Å². The Morgan fingerprint density at radius 2 is 1.75 bits per heavy atom. The van der Waals surface area contributed by atoms with E-state index < -0.39 is 5.97 Å². The van der Waals surface area contributed by atoms with Gasteiger partial charge >= 0.3 is 5.97 Å². The molecular weight excluding hydrogens is 458 g/mol. The summed E-state index contributed by atoms with van der Waals surface area (Å²) in [4.78, 5) is 31.4. The quantitative estimate of drug-likeness (QED) is 0.422. The van der Waals surface area contributed by atoms with Crippen LogP contribution < -0.4 is 14.8 Å². The van der Waals surface area contributed by atoms with Gasteiger partial charge in [0.05, 0.1) is 38.1 Å². The van der Waals surface area contributed by atoms with Crippen molar-refractivity contribution in [2.45, 2.75) is 39.2 Å². The molecule has 8 heteroatoms. The topological polar surface area (TPSA) is 92.9 Å². The number of hydrogen-bond acceptors (Lipinski definition) is 6. The van der Waals surface area contributed by atoms with Gasteiger partial charge in [0.2, 0.25) is 5.91 Å². The lowest BCUT2D eigenvalue weighted by Gasteiger charge is -2.35. The molecule has 8 nitrogen and oxygen atoms in total. The number of nitrogens with one attached hydrogen (secondary N) is 2. The first-order chi connectivity index (χ1) is 17.4. The molecule has 1 aliphatic heterocycles. The van der Waals surface area contributed by atoms with Crippen LogP contribution in [0.5, 0.6) is 11.5 Å². The minimum atomic E-state index is -0.531. The number of esters is 1. The van der Waals surface area contributed by atoms with E-state index >= 15 is 0 Å². The van der Waals surface area contributed by atoms with E-state index in [0.717, 1.165) is 32.4 Å². The molecule has 0 radical (unpaired) electrons. The van der Waals surface area contributed by atoms with E-state index in [1.807, 2.05) is 13.0 Å². The molecule has 36 heavy (non-hydrogen) atoms. The number of carbonyl (C=O) groups is 2. The zero-order valence-electron chi connectivity index (χ0n) is 21.4. The average molecular weight is 494 g/mol. The van der Waals surface area contributed by atoms with Crippen LogP contribution in [0.2, 0.25) is 0 Å². The van der Waals surface area contributed by atoms with Gasteiger partial charge in [0.25, 0.3) is 0 Å². The number of fused-ring (bicyclic) bond motifs is 1. The van der Waals surface area contributed by atoms with Crippen LogP contribution in [0.1, 0.15) is 42.7 Å². The molecule has 3 aromatic rings. The Labute approximate surface area is 211 Å². The molecular formula is C28H35N3O5. The SMILES string of the molecule is CCOC(=O)c1[nH]c2cc(OC)c(OC)cc2c1NC(=O)[C@H](C)N1CCC(Cc2ccccc2)CC1. The van der Waals surface area contributed by atoms with Crippen molar-refractivity contribution in [3.05, 3.63) is 53.7 Å². The van der Waals surface area contributed by atoms with Gasteiger partial charge in [-0.15, -0.1) is 0 Å². The van der Waals surface area contributed by atoms with E-state index in [2.05, 4.69) is 39.5 Å². The van der Waals surface area contributed by atoms with Crippen molar-refractivity contribution < 1.29 is 23.8 Å². The molecule has 0 spiro atoms. The number of aromatic amines is 1. The number of likely N-dealkylation sites (tertiary alicyclic amines) is 1. The predicted molar refractivity (Wildman–Crippen MR) is 140 cm³/mol.